The van der Waals surface area contributed by atoms with Crippen molar-refractivity contribution in [1.29, 1.82) is 0 Å². The van der Waals surface area contributed by atoms with Crippen LogP contribution < -0.4 is 18.9 Å². The van der Waals surface area contributed by atoms with Gasteiger partial charge in [0.05, 0.1) is 14.2 Å². The van der Waals surface area contributed by atoms with Gasteiger partial charge < -0.3 is 24.1 Å². The zero-order chi connectivity index (χ0) is 27.7. The molecule has 8 nitrogen and oxygen atoms in total. The lowest BCUT2D eigenvalue weighted by Crippen LogP contribution is -2.52. The van der Waals surface area contributed by atoms with Crippen molar-refractivity contribution in [3.8, 4) is 23.4 Å². The van der Waals surface area contributed by atoms with E-state index in [1.165, 1.54) is 7.11 Å². The van der Waals surface area contributed by atoms with Crippen molar-refractivity contribution in [2.75, 3.05) is 14.2 Å². The second kappa shape index (κ2) is 12.8. The summed E-state index contributed by atoms with van der Waals surface area (Å²) in [6.45, 7) is 1.75. The number of aliphatic carboxylic acids is 1. The Morgan fingerprint density at radius 1 is 0.872 bits per heavy atom. The topological polar surface area (TPSA) is 100 Å². The molecule has 0 saturated heterocycles. The molecule has 0 bridgehead atoms. The van der Waals surface area contributed by atoms with Gasteiger partial charge in [-0.2, -0.15) is 4.98 Å². The number of hydrogen-bond acceptors (Lipinski definition) is 7. The second-order valence-electron chi connectivity index (χ2n) is 9.04. The highest BCUT2D eigenvalue weighted by molar-refractivity contribution is 5.75. The van der Waals surface area contributed by atoms with Crippen LogP contribution in [0.1, 0.15) is 29.7 Å². The molecule has 1 N–H and O–H groups in total. The fraction of sp³-hybridized carbons (Fsp3) is 0.258. The number of benzene rings is 3. The summed E-state index contributed by atoms with van der Waals surface area (Å²) >= 11 is 0. The molecule has 2 atom stereocenters. The number of methoxy groups -OCH3 is 2. The Morgan fingerprint density at radius 2 is 1.51 bits per heavy atom. The summed E-state index contributed by atoms with van der Waals surface area (Å²) in [7, 11) is 3.06. The first-order valence-electron chi connectivity index (χ1n) is 12.6. The van der Waals surface area contributed by atoms with Gasteiger partial charge in [0.15, 0.2) is 5.60 Å². The maximum absolute atomic E-state index is 13.0. The Bertz CT molecular complexity index is 1350. The molecule has 1 heterocycles. The Balaban J connectivity index is 1.80. The largest absolute Gasteiger partial charge is 0.497 e. The third-order valence-electron chi connectivity index (χ3n) is 6.37. The van der Waals surface area contributed by atoms with E-state index in [-0.39, 0.29) is 11.9 Å². The first-order valence-corrected chi connectivity index (χ1v) is 12.6. The van der Waals surface area contributed by atoms with Gasteiger partial charge in [-0.3, -0.25) is 0 Å². The van der Waals surface area contributed by atoms with Gasteiger partial charge in [0, 0.05) is 11.8 Å². The van der Waals surface area contributed by atoms with Gasteiger partial charge in [0.25, 0.3) is 0 Å². The van der Waals surface area contributed by atoms with Crippen LogP contribution in [0.2, 0.25) is 0 Å². The number of carboxylic acid groups (broad SMARTS) is 1. The fourth-order valence-corrected chi connectivity index (χ4v) is 4.49. The maximum Gasteiger partial charge on any atom is 0.349 e. The molecule has 0 saturated carbocycles. The standard InChI is InChI=1S/C31H32N2O6/c1-22-21-27(37-3)33-30(32-22)38-28(29(34)35)31(24-14-8-5-9-15-24,20-10-13-23-11-6-4-7-12-23)39-26-18-16-25(36-2)17-19-26/h4-9,11-12,14-19,21,28H,10,13,20H2,1-3H3,(H,34,35). The van der Waals surface area contributed by atoms with E-state index in [1.807, 2.05) is 60.7 Å². The predicted molar refractivity (Wildman–Crippen MR) is 146 cm³/mol. The second-order valence-corrected chi connectivity index (χ2v) is 9.04. The molecule has 39 heavy (non-hydrogen) atoms. The molecule has 4 rings (SSSR count). The molecule has 0 spiro atoms. The van der Waals surface area contributed by atoms with Crippen molar-refractivity contribution in [3.63, 3.8) is 0 Å². The van der Waals surface area contributed by atoms with Crippen LogP contribution in [0.3, 0.4) is 0 Å². The zero-order valence-electron chi connectivity index (χ0n) is 22.2. The minimum atomic E-state index is -1.50. The van der Waals surface area contributed by atoms with Gasteiger partial charge in [-0.05, 0) is 61.6 Å². The molecule has 4 aromatic rings. The molecule has 0 aliphatic rings. The summed E-state index contributed by atoms with van der Waals surface area (Å²) in [5.74, 6) is 0.184. The smallest absolute Gasteiger partial charge is 0.349 e. The summed E-state index contributed by atoms with van der Waals surface area (Å²) in [4.78, 5) is 21.5. The van der Waals surface area contributed by atoms with Crippen molar-refractivity contribution in [2.24, 2.45) is 0 Å². The van der Waals surface area contributed by atoms with E-state index in [2.05, 4.69) is 9.97 Å². The average molecular weight is 529 g/mol. The van der Waals surface area contributed by atoms with E-state index < -0.39 is 17.7 Å². The first kappa shape index (κ1) is 27.4. The molecular formula is C31H32N2O6. The average Bonchev–Trinajstić information content (AvgIpc) is 2.96. The van der Waals surface area contributed by atoms with Gasteiger partial charge in [-0.1, -0.05) is 60.7 Å². The van der Waals surface area contributed by atoms with Gasteiger partial charge in [-0.25, -0.2) is 9.78 Å². The molecule has 202 valence electrons. The Morgan fingerprint density at radius 3 is 2.13 bits per heavy atom. The van der Waals surface area contributed by atoms with Crippen LogP contribution in [0, 0.1) is 6.92 Å². The van der Waals surface area contributed by atoms with Crippen molar-refractivity contribution in [3.05, 3.63) is 108 Å². The minimum Gasteiger partial charge on any atom is -0.497 e. The van der Waals surface area contributed by atoms with E-state index in [1.54, 1.807) is 44.4 Å². The highest BCUT2D eigenvalue weighted by Gasteiger charge is 2.49. The number of aromatic nitrogens is 2. The molecule has 0 fully saturated rings. The van der Waals surface area contributed by atoms with Crippen LogP contribution in [-0.4, -0.2) is 41.4 Å². The SMILES string of the molecule is COc1ccc(OC(CCCc2ccccc2)(c2ccccc2)C(Oc2nc(C)cc(OC)n2)C(=O)O)cc1. The van der Waals surface area contributed by atoms with Gasteiger partial charge >= 0.3 is 12.0 Å². The minimum absolute atomic E-state index is 0.110. The third-order valence-corrected chi connectivity index (χ3v) is 6.37. The Hall–Kier alpha value is -4.59. The van der Waals surface area contributed by atoms with Gasteiger partial charge in [0.1, 0.15) is 11.5 Å². The summed E-state index contributed by atoms with van der Waals surface area (Å²) in [5.41, 5.74) is 0.937. The number of carbonyl (C=O) groups is 1. The molecule has 0 radical (unpaired) electrons. The lowest BCUT2D eigenvalue weighted by atomic mass is 9.82. The zero-order valence-corrected chi connectivity index (χ0v) is 22.2. The van der Waals surface area contributed by atoms with Crippen LogP contribution in [0.15, 0.2) is 91.0 Å². The van der Waals surface area contributed by atoms with Crippen molar-refractivity contribution >= 4 is 5.97 Å². The Labute approximate surface area is 228 Å². The molecule has 1 aromatic heterocycles. The van der Waals surface area contributed by atoms with E-state index in [4.69, 9.17) is 18.9 Å². The van der Waals surface area contributed by atoms with Crippen LogP contribution in [0.25, 0.3) is 0 Å². The van der Waals surface area contributed by atoms with Gasteiger partial charge in [0.2, 0.25) is 12.0 Å². The van der Waals surface area contributed by atoms with Crippen LogP contribution >= 0.6 is 0 Å². The van der Waals surface area contributed by atoms with Crippen LogP contribution in [0.5, 0.6) is 23.4 Å². The molecule has 0 aliphatic carbocycles. The van der Waals surface area contributed by atoms with Crippen LogP contribution in [-0.2, 0) is 16.8 Å². The molecule has 0 amide bonds. The first-order chi connectivity index (χ1) is 18.9. The van der Waals surface area contributed by atoms with E-state index in [0.29, 0.717) is 35.6 Å². The molecule has 3 aromatic carbocycles. The fourth-order valence-electron chi connectivity index (χ4n) is 4.49. The van der Waals surface area contributed by atoms with E-state index in [9.17, 15) is 9.90 Å². The summed E-state index contributed by atoms with van der Waals surface area (Å²) in [6, 6.07) is 27.9. The van der Waals surface area contributed by atoms with E-state index >= 15 is 0 Å². The van der Waals surface area contributed by atoms with Gasteiger partial charge in [-0.15, -0.1) is 0 Å². The highest BCUT2D eigenvalue weighted by atomic mass is 16.6. The lowest BCUT2D eigenvalue weighted by Gasteiger charge is -2.39. The number of aryl methyl sites for hydroxylation is 2. The summed E-state index contributed by atoms with van der Waals surface area (Å²) < 4.78 is 23.3. The monoisotopic (exact) mass is 528 g/mol. The van der Waals surface area contributed by atoms with Crippen LogP contribution in [0.4, 0.5) is 0 Å². The van der Waals surface area contributed by atoms with E-state index in [0.717, 1.165) is 12.0 Å². The number of rotatable bonds is 13. The Kier molecular flexibility index (Phi) is 8.99. The third kappa shape index (κ3) is 6.84. The maximum atomic E-state index is 13.0. The predicted octanol–water partition coefficient (Wildman–Crippen LogP) is 5.63. The normalized spacial score (nSPS) is 13.1. The quantitative estimate of drug-likeness (QED) is 0.238. The molecule has 0 aliphatic heterocycles. The number of carboxylic acids is 1. The van der Waals surface area contributed by atoms with Crippen molar-refractivity contribution < 1.29 is 28.8 Å². The number of ether oxygens (including phenoxy) is 4. The number of hydrogen-bond donors (Lipinski definition) is 1. The molecular weight excluding hydrogens is 496 g/mol. The lowest BCUT2D eigenvalue weighted by molar-refractivity contribution is -0.159. The van der Waals surface area contributed by atoms with Crippen molar-refractivity contribution in [2.45, 2.75) is 37.9 Å². The molecule has 8 heteroatoms. The summed E-state index contributed by atoms with van der Waals surface area (Å²) in [5, 5.41) is 10.6. The van der Waals surface area contributed by atoms with Crippen molar-refractivity contribution in [1.82, 2.24) is 9.97 Å². The summed E-state index contributed by atoms with van der Waals surface area (Å²) in [6.07, 6.45) is 0.185. The molecule has 2 unspecified atom stereocenters. The number of nitrogens with zero attached hydrogens (tertiary/aromatic N) is 2. The highest BCUT2D eigenvalue weighted by Crippen LogP contribution is 2.39.